The average Bonchev–Trinajstić information content (AvgIpc) is 2.54. The minimum atomic E-state index is -1.02. The second-order valence-corrected chi connectivity index (χ2v) is 5.58. The van der Waals surface area contributed by atoms with Crippen LogP contribution in [0, 0.1) is 16.0 Å². The molecule has 0 unspecified atom stereocenters. The van der Waals surface area contributed by atoms with E-state index in [4.69, 9.17) is 14.2 Å². The molecule has 1 fully saturated rings. The Morgan fingerprint density at radius 1 is 1.32 bits per heavy atom. The largest absolute Gasteiger partial charge is 0.366 e. The van der Waals surface area contributed by atoms with Crippen molar-refractivity contribution >= 4 is 0 Å². The molecule has 0 aromatic heterocycles. The highest BCUT2D eigenvalue weighted by Gasteiger charge is 2.51. The molecule has 0 saturated carbocycles. The van der Waals surface area contributed by atoms with Crippen molar-refractivity contribution in [1.29, 1.82) is 0 Å². The highest BCUT2D eigenvalue weighted by molar-refractivity contribution is 5.13. The standard InChI is InChI=1S/C16H23NO5/c1-4-13-11(2)15(14(17(18)19)16(20-3)22-13)21-10-12-8-6-5-7-9-12/h5-9,11,13-16H,4,10H2,1-3H3/t11-,13+,14+,15-,16+/m0/s1. The Morgan fingerprint density at radius 3 is 2.55 bits per heavy atom. The van der Waals surface area contributed by atoms with Crippen LogP contribution in [-0.4, -0.2) is 36.6 Å². The van der Waals surface area contributed by atoms with E-state index in [2.05, 4.69) is 0 Å². The van der Waals surface area contributed by atoms with Gasteiger partial charge in [0.25, 0.3) is 6.04 Å². The zero-order chi connectivity index (χ0) is 16.1. The van der Waals surface area contributed by atoms with Crippen LogP contribution in [0.5, 0.6) is 0 Å². The van der Waals surface area contributed by atoms with E-state index in [1.54, 1.807) is 0 Å². The number of ether oxygens (including phenoxy) is 3. The number of rotatable bonds is 6. The number of benzene rings is 1. The van der Waals surface area contributed by atoms with Crippen LogP contribution in [0.25, 0.3) is 0 Å². The van der Waals surface area contributed by atoms with E-state index in [9.17, 15) is 10.1 Å². The van der Waals surface area contributed by atoms with Crippen LogP contribution in [0.1, 0.15) is 25.8 Å². The molecule has 6 nitrogen and oxygen atoms in total. The van der Waals surface area contributed by atoms with Crippen molar-refractivity contribution < 1.29 is 19.1 Å². The van der Waals surface area contributed by atoms with Gasteiger partial charge < -0.3 is 14.2 Å². The molecule has 1 aromatic carbocycles. The molecule has 0 amide bonds. The van der Waals surface area contributed by atoms with Crippen LogP contribution in [0.4, 0.5) is 0 Å². The molecule has 0 radical (unpaired) electrons. The molecular formula is C16H23NO5. The average molecular weight is 309 g/mol. The third-order valence-electron chi connectivity index (χ3n) is 4.19. The van der Waals surface area contributed by atoms with Gasteiger partial charge in [0.15, 0.2) is 0 Å². The first kappa shape index (κ1) is 16.9. The molecule has 0 bridgehead atoms. The Morgan fingerprint density at radius 2 is 2.00 bits per heavy atom. The topological polar surface area (TPSA) is 70.8 Å². The first-order valence-corrected chi connectivity index (χ1v) is 7.55. The van der Waals surface area contributed by atoms with Crippen molar-refractivity contribution in [1.82, 2.24) is 0 Å². The van der Waals surface area contributed by atoms with Crippen LogP contribution in [0.3, 0.4) is 0 Å². The Bertz CT molecular complexity index is 481. The summed E-state index contributed by atoms with van der Waals surface area (Å²) in [5, 5.41) is 11.5. The molecule has 0 aliphatic carbocycles. The van der Waals surface area contributed by atoms with Gasteiger partial charge in [0.2, 0.25) is 6.29 Å². The molecule has 22 heavy (non-hydrogen) atoms. The minimum absolute atomic E-state index is 0.0736. The Labute approximate surface area is 130 Å². The smallest absolute Gasteiger partial charge is 0.289 e. The molecule has 122 valence electrons. The number of nitro groups is 1. The lowest BCUT2D eigenvalue weighted by Crippen LogP contribution is -2.58. The van der Waals surface area contributed by atoms with E-state index in [1.807, 2.05) is 44.2 Å². The monoisotopic (exact) mass is 309 g/mol. The third kappa shape index (κ3) is 3.63. The summed E-state index contributed by atoms with van der Waals surface area (Å²) in [6, 6.07) is 8.63. The van der Waals surface area contributed by atoms with Gasteiger partial charge in [-0.25, -0.2) is 0 Å². The van der Waals surface area contributed by atoms with Crippen molar-refractivity contribution in [3.8, 4) is 0 Å². The predicted molar refractivity (Wildman–Crippen MR) is 80.9 cm³/mol. The Hall–Kier alpha value is -1.50. The molecule has 1 saturated heterocycles. The van der Waals surface area contributed by atoms with Crippen molar-refractivity contribution in [2.45, 2.75) is 51.4 Å². The number of nitrogens with zero attached hydrogens (tertiary/aromatic N) is 1. The maximum absolute atomic E-state index is 11.5. The number of hydrogen-bond acceptors (Lipinski definition) is 5. The zero-order valence-corrected chi connectivity index (χ0v) is 13.2. The fourth-order valence-corrected chi connectivity index (χ4v) is 2.95. The highest BCUT2D eigenvalue weighted by Crippen LogP contribution is 2.32. The first-order valence-electron chi connectivity index (χ1n) is 7.55. The van der Waals surface area contributed by atoms with E-state index >= 15 is 0 Å². The van der Waals surface area contributed by atoms with Crippen LogP contribution in [-0.2, 0) is 20.8 Å². The van der Waals surface area contributed by atoms with E-state index in [1.165, 1.54) is 7.11 Å². The summed E-state index contributed by atoms with van der Waals surface area (Å²) in [4.78, 5) is 11.1. The summed E-state index contributed by atoms with van der Waals surface area (Å²) in [5.41, 5.74) is 0.991. The van der Waals surface area contributed by atoms with E-state index in [0.29, 0.717) is 6.61 Å². The van der Waals surface area contributed by atoms with Gasteiger partial charge in [0, 0.05) is 18.0 Å². The van der Waals surface area contributed by atoms with Crippen molar-refractivity contribution in [3.63, 3.8) is 0 Å². The molecule has 6 heteroatoms. The summed E-state index contributed by atoms with van der Waals surface area (Å²) in [6.45, 7) is 4.27. The van der Waals surface area contributed by atoms with E-state index < -0.39 is 18.4 Å². The lowest BCUT2D eigenvalue weighted by molar-refractivity contribution is -0.574. The molecule has 1 aliphatic rings. The highest BCUT2D eigenvalue weighted by atomic mass is 16.7. The summed E-state index contributed by atoms with van der Waals surface area (Å²) in [5.74, 6) is -0.0736. The Kier molecular flexibility index (Phi) is 5.88. The maximum Gasteiger partial charge on any atom is 0.289 e. The van der Waals surface area contributed by atoms with Crippen LogP contribution in [0.15, 0.2) is 30.3 Å². The van der Waals surface area contributed by atoms with Crippen molar-refractivity contribution in [2.75, 3.05) is 7.11 Å². The summed E-state index contributed by atoms with van der Waals surface area (Å²) >= 11 is 0. The van der Waals surface area contributed by atoms with Gasteiger partial charge in [0.1, 0.15) is 6.10 Å². The number of hydrogen-bond donors (Lipinski definition) is 0. The lowest BCUT2D eigenvalue weighted by atomic mass is 9.88. The second-order valence-electron chi connectivity index (χ2n) is 5.58. The minimum Gasteiger partial charge on any atom is -0.366 e. The number of methoxy groups -OCH3 is 1. The SMILES string of the molecule is CC[C@H]1O[C@@H](OC)[C@H]([N+](=O)[O-])[C@@H](OCc2ccccc2)[C@H]1C. The van der Waals surface area contributed by atoms with Gasteiger partial charge in [-0.2, -0.15) is 0 Å². The van der Waals surface area contributed by atoms with Gasteiger partial charge in [-0.1, -0.05) is 44.2 Å². The molecule has 0 N–H and O–H groups in total. The zero-order valence-electron chi connectivity index (χ0n) is 13.2. The first-order chi connectivity index (χ1) is 10.6. The fraction of sp³-hybridized carbons (Fsp3) is 0.625. The van der Waals surface area contributed by atoms with E-state index in [-0.39, 0.29) is 16.9 Å². The van der Waals surface area contributed by atoms with Gasteiger partial charge in [-0.15, -0.1) is 0 Å². The fourth-order valence-electron chi connectivity index (χ4n) is 2.95. The summed E-state index contributed by atoms with van der Waals surface area (Å²) in [7, 11) is 1.43. The summed E-state index contributed by atoms with van der Waals surface area (Å²) < 4.78 is 16.8. The molecular weight excluding hydrogens is 286 g/mol. The van der Waals surface area contributed by atoms with Gasteiger partial charge in [-0.05, 0) is 12.0 Å². The molecule has 1 heterocycles. The van der Waals surface area contributed by atoms with Gasteiger partial charge >= 0.3 is 0 Å². The molecule has 2 rings (SSSR count). The Balaban J connectivity index is 2.15. The van der Waals surface area contributed by atoms with Crippen molar-refractivity contribution in [3.05, 3.63) is 46.0 Å². The molecule has 5 atom stereocenters. The van der Waals surface area contributed by atoms with Gasteiger partial charge in [0.05, 0.1) is 12.7 Å². The lowest BCUT2D eigenvalue weighted by Gasteiger charge is -2.40. The maximum atomic E-state index is 11.5. The van der Waals surface area contributed by atoms with Gasteiger partial charge in [-0.3, -0.25) is 10.1 Å². The normalized spacial score (nSPS) is 31.9. The van der Waals surface area contributed by atoms with Crippen molar-refractivity contribution in [2.24, 2.45) is 5.92 Å². The van der Waals surface area contributed by atoms with E-state index in [0.717, 1.165) is 12.0 Å². The molecule has 1 aliphatic heterocycles. The van der Waals surface area contributed by atoms with Crippen LogP contribution in [0.2, 0.25) is 0 Å². The quantitative estimate of drug-likeness (QED) is 0.597. The third-order valence-corrected chi connectivity index (χ3v) is 4.19. The second kappa shape index (κ2) is 7.67. The molecule has 0 spiro atoms. The molecule has 1 aromatic rings. The van der Waals surface area contributed by atoms with Crippen LogP contribution >= 0.6 is 0 Å². The van der Waals surface area contributed by atoms with Crippen LogP contribution < -0.4 is 0 Å². The summed E-state index contributed by atoms with van der Waals surface area (Å²) in [6.07, 6.45) is -0.769. The predicted octanol–water partition coefficient (Wildman–Crippen LogP) is 2.63.